The molecule has 1 aromatic carbocycles. The van der Waals surface area contributed by atoms with E-state index in [4.69, 9.17) is 4.74 Å². The summed E-state index contributed by atoms with van der Waals surface area (Å²) in [4.78, 5) is 16.4. The van der Waals surface area contributed by atoms with Crippen molar-refractivity contribution in [3.63, 3.8) is 0 Å². The van der Waals surface area contributed by atoms with Crippen LogP contribution in [0.4, 0.5) is 5.82 Å². The minimum absolute atomic E-state index is 0.117. The molecular weight excluding hydrogens is 374 g/mol. The molecule has 2 aromatic heterocycles. The van der Waals surface area contributed by atoms with Crippen LogP contribution in [0.5, 0.6) is 5.75 Å². The van der Waals surface area contributed by atoms with Gasteiger partial charge >= 0.3 is 0 Å². The van der Waals surface area contributed by atoms with Crippen LogP contribution >= 0.6 is 11.8 Å². The SMILES string of the molecule is CCn1c(Cc2ccc(OC)cc2)nnc1SCC(=O)Nc1ncccc1C. The Morgan fingerprint density at radius 2 is 2.00 bits per heavy atom. The van der Waals surface area contributed by atoms with Gasteiger partial charge in [-0.25, -0.2) is 4.98 Å². The van der Waals surface area contributed by atoms with Gasteiger partial charge in [-0.2, -0.15) is 0 Å². The Balaban J connectivity index is 1.63. The topological polar surface area (TPSA) is 81.9 Å². The first-order chi connectivity index (χ1) is 13.6. The summed E-state index contributed by atoms with van der Waals surface area (Å²) in [6, 6.07) is 11.7. The Morgan fingerprint density at radius 3 is 2.68 bits per heavy atom. The number of nitrogens with zero attached hydrogens (tertiary/aromatic N) is 4. The third-order valence-corrected chi connectivity index (χ3v) is 5.20. The van der Waals surface area contributed by atoms with E-state index in [-0.39, 0.29) is 11.7 Å². The van der Waals surface area contributed by atoms with E-state index in [1.165, 1.54) is 11.8 Å². The van der Waals surface area contributed by atoms with Gasteiger partial charge in [0.2, 0.25) is 5.91 Å². The molecule has 0 radical (unpaired) electrons. The van der Waals surface area contributed by atoms with Crippen LogP contribution in [0.2, 0.25) is 0 Å². The second kappa shape index (κ2) is 9.36. The van der Waals surface area contributed by atoms with Crippen molar-refractivity contribution in [1.29, 1.82) is 0 Å². The molecule has 0 bridgehead atoms. The van der Waals surface area contributed by atoms with Crippen LogP contribution in [0.15, 0.2) is 47.8 Å². The van der Waals surface area contributed by atoms with Crippen molar-refractivity contribution in [3.05, 3.63) is 59.5 Å². The first kappa shape index (κ1) is 19.9. The van der Waals surface area contributed by atoms with Gasteiger partial charge in [0.15, 0.2) is 5.16 Å². The molecule has 0 atom stereocenters. The molecule has 0 aliphatic rings. The Labute approximate surface area is 168 Å². The van der Waals surface area contributed by atoms with Crippen LogP contribution < -0.4 is 10.1 Å². The number of rotatable bonds is 8. The second-order valence-corrected chi connectivity index (χ2v) is 7.12. The Bertz CT molecular complexity index is 940. The number of thioether (sulfide) groups is 1. The number of aromatic nitrogens is 4. The average molecular weight is 398 g/mol. The summed E-state index contributed by atoms with van der Waals surface area (Å²) in [5, 5.41) is 12.2. The van der Waals surface area contributed by atoms with Crippen LogP contribution in [0.3, 0.4) is 0 Å². The van der Waals surface area contributed by atoms with E-state index >= 15 is 0 Å². The summed E-state index contributed by atoms with van der Waals surface area (Å²) in [5.41, 5.74) is 2.06. The van der Waals surface area contributed by atoms with Crippen molar-refractivity contribution in [2.75, 3.05) is 18.2 Å². The van der Waals surface area contributed by atoms with E-state index in [1.807, 2.05) is 54.8 Å². The van der Waals surface area contributed by atoms with Gasteiger partial charge in [0.25, 0.3) is 0 Å². The molecular formula is C20H23N5O2S. The Morgan fingerprint density at radius 1 is 1.21 bits per heavy atom. The number of carbonyl (C=O) groups excluding carboxylic acids is 1. The molecule has 0 aliphatic heterocycles. The highest BCUT2D eigenvalue weighted by molar-refractivity contribution is 7.99. The number of hydrogen-bond acceptors (Lipinski definition) is 6. The van der Waals surface area contributed by atoms with Crippen molar-refractivity contribution >= 4 is 23.5 Å². The monoisotopic (exact) mass is 397 g/mol. The largest absolute Gasteiger partial charge is 0.497 e. The molecule has 1 N–H and O–H groups in total. The van der Waals surface area contributed by atoms with E-state index < -0.39 is 0 Å². The van der Waals surface area contributed by atoms with E-state index in [0.717, 1.165) is 34.4 Å². The summed E-state index contributed by atoms with van der Waals surface area (Å²) in [7, 11) is 1.65. The average Bonchev–Trinajstić information content (AvgIpc) is 3.10. The van der Waals surface area contributed by atoms with Crippen LogP contribution in [0.1, 0.15) is 23.9 Å². The summed E-state index contributed by atoms with van der Waals surface area (Å²) in [6.45, 7) is 4.69. The molecule has 28 heavy (non-hydrogen) atoms. The zero-order valence-corrected chi connectivity index (χ0v) is 17.0. The number of pyridine rings is 1. The summed E-state index contributed by atoms with van der Waals surface area (Å²) in [5.74, 6) is 2.41. The molecule has 0 saturated heterocycles. The van der Waals surface area contributed by atoms with Crippen LogP contribution in [-0.2, 0) is 17.8 Å². The molecule has 8 heteroatoms. The van der Waals surface area contributed by atoms with Crippen molar-refractivity contribution in [2.45, 2.75) is 32.0 Å². The third-order valence-electron chi connectivity index (χ3n) is 4.23. The highest BCUT2D eigenvalue weighted by Gasteiger charge is 2.14. The van der Waals surface area contributed by atoms with Gasteiger partial charge in [-0.05, 0) is 43.2 Å². The van der Waals surface area contributed by atoms with E-state index in [0.29, 0.717) is 12.2 Å². The van der Waals surface area contributed by atoms with Gasteiger partial charge in [-0.15, -0.1) is 10.2 Å². The van der Waals surface area contributed by atoms with Gasteiger partial charge in [0, 0.05) is 19.2 Å². The molecule has 0 fully saturated rings. The predicted octanol–water partition coefficient (Wildman–Crippen LogP) is 3.33. The highest BCUT2D eigenvalue weighted by Crippen LogP contribution is 2.20. The van der Waals surface area contributed by atoms with Crippen molar-refractivity contribution in [1.82, 2.24) is 19.7 Å². The van der Waals surface area contributed by atoms with E-state index in [2.05, 4.69) is 20.5 Å². The van der Waals surface area contributed by atoms with E-state index in [9.17, 15) is 4.79 Å². The number of hydrogen-bond donors (Lipinski definition) is 1. The summed E-state index contributed by atoms with van der Waals surface area (Å²) in [6.07, 6.45) is 2.33. The fraction of sp³-hybridized carbons (Fsp3) is 0.300. The van der Waals surface area contributed by atoms with Gasteiger partial charge < -0.3 is 14.6 Å². The molecule has 0 spiro atoms. The fourth-order valence-electron chi connectivity index (χ4n) is 2.71. The van der Waals surface area contributed by atoms with Gasteiger partial charge in [-0.3, -0.25) is 4.79 Å². The lowest BCUT2D eigenvalue weighted by molar-refractivity contribution is -0.113. The van der Waals surface area contributed by atoms with Crippen LogP contribution in [-0.4, -0.2) is 38.5 Å². The number of methoxy groups -OCH3 is 1. The summed E-state index contributed by atoms with van der Waals surface area (Å²) >= 11 is 1.37. The molecule has 7 nitrogen and oxygen atoms in total. The van der Waals surface area contributed by atoms with Gasteiger partial charge in [0.1, 0.15) is 17.4 Å². The quantitative estimate of drug-likeness (QED) is 0.587. The van der Waals surface area contributed by atoms with Crippen molar-refractivity contribution in [2.24, 2.45) is 0 Å². The fourth-order valence-corrected chi connectivity index (χ4v) is 3.54. The predicted molar refractivity (Wildman–Crippen MR) is 110 cm³/mol. The maximum Gasteiger partial charge on any atom is 0.236 e. The molecule has 0 aliphatic carbocycles. The maximum absolute atomic E-state index is 12.3. The number of aryl methyl sites for hydroxylation is 1. The standard InChI is InChI=1S/C20H23N5O2S/c1-4-25-17(12-15-7-9-16(27-3)10-8-15)23-24-20(25)28-13-18(26)22-19-14(2)6-5-11-21-19/h5-11H,4,12-13H2,1-3H3,(H,21,22,26). The molecule has 146 valence electrons. The molecule has 1 amide bonds. The third kappa shape index (κ3) is 4.89. The Kier molecular flexibility index (Phi) is 6.65. The number of benzene rings is 1. The first-order valence-corrected chi connectivity index (χ1v) is 9.98. The number of nitrogens with one attached hydrogen (secondary N) is 1. The van der Waals surface area contributed by atoms with Crippen molar-refractivity contribution in [3.8, 4) is 5.75 Å². The number of ether oxygens (including phenoxy) is 1. The molecule has 0 saturated carbocycles. The smallest absolute Gasteiger partial charge is 0.236 e. The lowest BCUT2D eigenvalue weighted by Gasteiger charge is -2.09. The number of amides is 1. The van der Waals surface area contributed by atoms with Gasteiger partial charge in [0.05, 0.1) is 12.9 Å². The first-order valence-electron chi connectivity index (χ1n) is 9.00. The lowest BCUT2D eigenvalue weighted by Crippen LogP contribution is -2.16. The van der Waals surface area contributed by atoms with Gasteiger partial charge in [-0.1, -0.05) is 30.0 Å². The molecule has 2 heterocycles. The lowest BCUT2D eigenvalue weighted by atomic mass is 10.1. The minimum Gasteiger partial charge on any atom is -0.497 e. The normalized spacial score (nSPS) is 10.7. The zero-order chi connectivity index (χ0) is 19.9. The minimum atomic E-state index is -0.117. The van der Waals surface area contributed by atoms with Crippen molar-refractivity contribution < 1.29 is 9.53 Å². The Hall–Kier alpha value is -2.87. The number of anilines is 1. The second-order valence-electron chi connectivity index (χ2n) is 6.17. The molecule has 3 aromatic rings. The molecule has 0 unspecified atom stereocenters. The van der Waals surface area contributed by atoms with Crippen LogP contribution in [0, 0.1) is 6.92 Å². The number of carbonyl (C=O) groups is 1. The van der Waals surface area contributed by atoms with E-state index in [1.54, 1.807) is 13.3 Å². The maximum atomic E-state index is 12.3. The van der Waals surface area contributed by atoms with Crippen LogP contribution in [0.25, 0.3) is 0 Å². The molecule has 3 rings (SSSR count). The zero-order valence-electron chi connectivity index (χ0n) is 16.2. The highest BCUT2D eigenvalue weighted by atomic mass is 32.2. The summed E-state index contributed by atoms with van der Waals surface area (Å²) < 4.78 is 7.23.